The van der Waals surface area contributed by atoms with Gasteiger partial charge in [-0.05, 0) is 37.6 Å². The summed E-state index contributed by atoms with van der Waals surface area (Å²) < 4.78 is 69.3. The highest BCUT2D eigenvalue weighted by atomic mass is 19.4. The Hall–Kier alpha value is -3.49. The Morgan fingerprint density at radius 2 is 1.70 bits per heavy atom. The molecule has 0 amide bonds. The maximum atomic E-state index is 14.4. The van der Waals surface area contributed by atoms with Crippen molar-refractivity contribution in [2.75, 3.05) is 0 Å². The number of benzene rings is 2. The second kappa shape index (κ2) is 6.79. The Balaban J connectivity index is 2.09. The summed E-state index contributed by atoms with van der Waals surface area (Å²) in [5.74, 6) is -1.70. The van der Waals surface area contributed by atoms with Gasteiger partial charge < -0.3 is 4.98 Å². The molecule has 1 N–H and O–H groups in total. The number of aromatic amines is 1. The number of rotatable bonds is 2. The number of nitrogens with one attached hydrogen (secondary N) is 1. The second-order valence-electron chi connectivity index (χ2n) is 6.82. The number of halogens is 5. The molecule has 0 bridgehead atoms. The lowest BCUT2D eigenvalue weighted by Gasteiger charge is -2.13. The average molecular weight is 419 g/mol. The lowest BCUT2D eigenvalue weighted by atomic mass is 9.99. The highest BCUT2D eigenvalue weighted by Crippen LogP contribution is 2.39. The first-order valence-corrected chi connectivity index (χ1v) is 8.84. The van der Waals surface area contributed by atoms with Crippen LogP contribution in [0.1, 0.15) is 16.8 Å². The standard InChI is InChI=1S/C21H14F5N3O/c1-10-18(14-8-7-12(22)9-16(14)23)27-19-17(11(2)28-29(19)20(10)30)13-5-3-4-6-15(13)21(24,25)26/h3-9,27H,1-2H3. The van der Waals surface area contributed by atoms with Gasteiger partial charge >= 0.3 is 6.18 Å². The Kier molecular flexibility index (Phi) is 4.48. The Labute approximate surface area is 166 Å². The van der Waals surface area contributed by atoms with Gasteiger partial charge in [-0.2, -0.15) is 22.8 Å². The molecule has 2 heterocycles. The van der Waals surface area contributed by atoms with Gasteiger partial charge in [-0.1, -0.05) is 18.2 Å². The molecule has 0 radical (unpaired) electrons. The maximum absolute atomic E-state index is 14.4. The Bertz CT molecular complexity index is 1350. The topological polar surface area (TPSA) is 50.2 Å². The summed E-state index contributed by atoms with van der Waals surface area (Å²) >= 11 is 0. The summed E-state index contributed by atoms with van der Waals surface area (Å²) in [5.41, 5.74) is -1.38. The number of hydrogen-bond donors (Lipinski definition) is 1. The molecule has 0 fully saturated rings. The van der Waals surface area contributed by atoms with E-state index in [9.17, 15) is 26.7 Å². The molecular weight excluding hydrogens is 405 g/mol. The largest absolute Gasteiger partial charge is 0.417 e. The second-order valence-corrected chi connectivity index (χ2v) is 6.82. The zero-order valence-corrected chi connectivity index (χ0v) is 15.7. The molecule has 0 aliphatic carbocycles. The fraction of sp³-hybridized carbons (Fsp3) is 0.143. The smallest absolute Gasteiger partial charge is 0.339 e. The van der Waals surface area contributed by atoms with E-state index in [4.69, 9.17) is 0 Å². The molecule has 4 nitrogen and oxygen atoms in total. The van der Waals surface area contributed by atoms with Crippen molar-refractivity contribution in [1.29, 1.82) is 0 Å². The molecule has 30 heavy (non-hydrogen) atoms. The van der Waals surface area contributed by atoms with Gasteiger partial charge in [0.2, 0.25) is 0 Å². The van der Waals surface area contributed by atoms with Crippen LogP contribution in [0.2, 0.25) is 0 Å². The maximum Gasteiger partial charge on any atom is 0.417 e. The van der Waals surface area contributed by atoms with Crippen molar-refractivity contribution in [2.24, 2.45) is 0 Å². The van der Waals surface area contributed by atoms with Crippen LogP contribution in [0, 0.1) is 25.5 Å². The minimum absolute atomic E-state index is 0.0153. The molecule has 0 saturated carbocycles. The first-order valence-electron chi connectivity index (χ1n) is 8.84. The van der Waals surface area contributed by atoms with E-state index in [2.05, 4.69) is 10.1 Å². The third-order valence-electron chi connectivity index (χ3n) is 4.89. The van der Waals surface area contributed by atoms with Crippen molar-refractivity contribution in [1.82, 2.24) is 14.6 Å². The quantitative estimate of drug-likeness (QED) is 0.450. The number of aryl methyl sites for hydroxylation is 1. The average Bonchev–Trinajstić information content (AvgIpc) is 3.00. The van der Waals surface area contributed by atoms with Crippen LogP contribution in [0.5, 0.6) is 0 Å². The highest BCUT2D eigenvalue weighted by Gasteiger charge is 2.35. The molecule has 0 atom stereocenters. The number of alkyl halides is 3. The molecule has 9 heteroatoms. The van der Waals surface area contributed by atoms with Crippen LogP contribution in [0.4, 0.5) is 22.0 Å². The van der Waals surface area contributed by atoms with E-state index in [1.807, 2.05) is 0 Å². The summed E-state index contributed by atoms with van der Waals surface area (Å²) in [4.78, 5) is 15.7. The number of fused-ring (bicyclic) bond motifs is 1. The predicted octanol–water partition coefficient (Wildman–Crippen LogP) is 5.27. The van der Waals surface area contributed by atoms with Crippen LogP contribution >= 0.6 is 0 Å². The Morgan fingerprint density at radius 1 is 1.00 bits per heavy atom. The van der Waals surface area contributed by atoms with Gasteiger partial charge in [0.05, 0.1) is 17.0 Å². The molecule has 0 unspecified atom stereocenters. The van der Waals surface area contributed by atoms with Crippen molar-refractivity contribution in [3.05, 3.63) is 81.3 Å². The van der Waals surface area contributed by atoms with E-state index >= 15 is 0 Å². The first kappa shape index (κ1) is 19.8. The van der Waals surface area contributed by atoms with E-state index in [-0.39, 0.29) is 39.3 Å². The minimum atomic E-state index is -4.63. The van der Waals surface area contributed by atoms with Crippen LogP contribution < -0.4 is 5.56 Å². The third kappa shape index (κ3) is 3.06. The zero-order valence-electron chi connectivity index (χ0n) is 15.7. The lowest BCUT2D eigenvalue weighted by molar-refractivity contribution is -0.137. The fourth-order valence-electron chi connectivity index (χ4n) is 3.50. The third-order valence-corrected chi connectivity index (χ3v) is 4.89. The van der Waals surface area contributed by atoms with Gasteiger partial charge in [0.1, 0.15) is 17.3 Å². The van der Waals surface area contributed by atoms with Crippen molar-refractivity contribution < 1.29 is 22.0 Å². The molecule has 0 aliphatic heterocycles. The van der Waals surface area contributed by atoms with E-state index in [1.54, 1.807) is 0 Å². The van der Waals surface area contributed by atoms with E-state index in [0.717, 1.165) is 22.7 Å². The summed E-state index contributed by atoms with van der Waals surface area (Å²) in [5, 5.41) is 4.10. The SMILES string of the molecule is Cc1nn2c(=O)c(C)c(-c3ccc(F)cc3F)[nH]c2c1-c1ccccc1C(F)(F)F. The monoisotopic (exact) mass is 419 g/mol. The van der Waals surface area contributed by atoms with Gasteiger partial charge in [0, 0.05) is 22.8 Å². The molecule has 0 saturated heterocycles. The first-order chi connectivity index (χ1) is 14.1. The zero-order chi connectivity index (χ0) is 21.8. The molecule has 2 aromatic heterocycles. The summed E-state index contributed by atoms with van der Waals surface area (Å²) in [6.45, 7) is 2.91. The summed E-state index contributed by atoms with van der Waals surface area (Å²) in [6, 6.07) is 7.78. The molecule has 2 aromatic carbocycles. The van der Waals surface area contributed by atoms with E-state index in [1.165, 1.54) is 32.0 Å². The molecule has 0 aliphatic rings. The van der Waals surface area contributed by atoms with Gasteiger partial charge in [-0.3, -0.25) is 4.79 Å². The van der Waals surface area contributed by atoms with Crippen LogP contribution in [0.25, 0.3) is 28.0 Å². The van der Waals surface area contributed by atoms with Crippen LogP contribution in [-0.4, -0.2) is 14.6 Å². The van der Waals surface area contributed by atoms with Crippen molar-refractivity contribution in [3.8, 4) is 22.4 Å². The molecule has 4 aromatic rings. The Morgan fingerprint density at radius 3 is 2.37 bits per heavy atom. The molecular formula is C21H14F5N3O. The predicted molar refractivity (Wildman–Crippen MR) is 101 cm³/mol. The summed E-state index contributed by atoms with van der Waals surface area (Å²) in [6.07, 6.45) is -4.63. The van der Waals surface area contributed by atoms with Crippen molar-refractivity contribution in [2.45, 2.75) is 20.0 Å². The van der Waals surface area contributed by atoms with Crippen molar-refractivity contribution >= 4 is 5.65 Å². The molecule has 4 rings (SSSR count). The number of H-pyrrole nitrogens is 1. The van der Waals surface area contributed by atoms with Gasteiger partial charge in [-0.25, -0.2) is 8.78 Å². The van der Waals surface area contributed by atoms with E-state index < -0.39 is 28.9 Å². The molecule has 154 valence electrons. The normalized spacial score (nSPS) is 12.0. The van der Waals surface area contributed by atoms with Crippen LogP contribution in [0.15, 0.2) is 47.3 Å². The minimum Gasteiger partial charge on any atom is -0.339 e. The van der Waals surface area contributed by atoms with Crippen molar-refractivity contribution in [3.63, 3.8) is 0 Å². The molecule has 0 spiro atoms. The van der Waals surface area contributed by atoms with E-state index in [0.29, 0.717) is 6.07 Å². The lowest BCUT2D eigenvalue weighted by Crippen LogP contribution is -2.19. The summed E-state index contributed by atoms with van der Waals surface area (Å²) in [7, 11) is 0. The highest BCUT2D eigenvalue weighted by molar-refractivity contribution is 5.83. The number of hydrogen-bond acceptors (Lipinski definition) is 2. The fourth-order valence-corrected chi connectivity index (χ4v) is 3.50. The van der Waals surface area contributed by atoms with Gasteiger partial charge in [0.15, 0.2) is 0 Å². The van der Waals surface area contributed by atoms with Gasteiger partial charge in [0.25, 0.3) is 5.56 Å². The van der Waals surface area contributed by atoms with Gasteiger partial charge in [-0.15, -0.1) is 0 Å². The van der Waals surface area contributed by atoms with Crippen LogP contribution in [-0.2, 0) is 6.18 Å². The number of nitrogens with zero attached hydrogens (tertiary/aromatic N) is 2. The van der Waals surface area contributed by atoms with Crippen LogP contribution in [0.3, 0.4) is 0 Å². The number of aromatic nitrogens is 3.